The number of benzene rings is 2. The van der Waals surface area contributed by atoms with Gasteiger partial charge in [-0.1, -0.05) is 6.07 Å². The Hall–Kier alpha value is -2.89. The Balaban J connectivity index is 2.03. The number of carbonyl (C=O) groups excluding carboxylic acids is 2. The number of rotatable bonds is 6. The first-order valence-electron chi connectivity index (χ1n) is 7.14. The van der Waals surface area contributed by atoms with Gasteiger partial charge in [-0.3, -0.25) is 4.79 Å². The molecule has 5 nitrogen and oxygen atoms in total. The summed E-state index contributed by atoms with van der Waals surface area (Å²) in [5.41, 5.74) is 1.24. The summed E-state index contributed by atoms with van der Waals surface area (Å²) in [6, 6.07) is 8.63. The van der Waals surface area contributed by atoms with Gasteiger partial charge in [0.25, 0.3) is 0 Å². The minimum atomic E-state index is -0.657. The first-order valence-corrected chi connectivity index (χ1v) is 7.14. The maximum absolute atomic E-state index is 13.6. The predicted molar refractivity (Wildman–Crippen MR) is 85.3 cm³/mol. The van der Waals surface area contributed by atoms with Gasteiger partial charge >= 0.3 is 5.97 Å². The third-order valence-electron chi connectivity index (χ3n) is 3.45. The molecule has 0 N–H and O–H groups in total. The zero-order valence-electron chi connectivity index (χ0n) is 13.6. The molecule has 24 heavy (non-hydrogen) atoms. The summed E-state index contributed by atoms with van der Waals surface area (Å²) in [6.45, 7) is 1.36. The van der Waals surface area contributed by atoms with Crippen molar-refractivity contribution in [1.29, 1.82) is 0 Å². The Kier molecular flexibility index (Phi) is 5.52. The first-order chi connectivity index (χ1) is 11.5. The lowest BCUT2D eigenvalue weighted by Gasteiger charge is -2.08. The highest BCUT2D eigenvalue weighted by Gasteiger charge is 2.15. The van der Waals surface area contributed by atoms with Crippen molar-refractivity contribution >= 4 is 11.8 Å². The second kappa shape index (κ2) is 7.59. The van der Waals surface area contributed by atoms with Gasteiger partial charge in [-0.25, -0.2) is 9.18 Å². The zero-order chi connectivity index (χ0) is 17.7. The van der Waals surface area contributed by atoms with Crippen molar-refractivity contribution in [2.75, 3.05) is 20.8 Å². The second-order valence-electron chi connectivity index (χ2n) is 5.03. The van der Waals surface area contributed by atoms with Crippen molar-refractivity contribution in [3.8, 4) is 11.5 Å². The van der Waals surface area contributed by atoms with E-state index in [4.69, 9.17) is 14.2 Å². The van der Waals surface area contributed by atoms with Crippen molar-refractivity contribution in [3.05, 3.63) is 58.9 Å². The van der Waals surface area contributed by atoms with Gasteiger partial charge in [-0.15, -0.1) is 0 Å². The summed E-state index contributed by atoms with van der Waals surface area (Å²) in [5.74, 6) is -1.24. The van der Waals surface area contributed by atoms with Gasteiger partial charge in [-0.05, 0) is 42.8 Å². The molecular weight excluding hydrogens is 315 g/mol. The topological polar surface area (TPSA) is 61.8 Å². The fraction of sp³-hybridized carbons (Fsp3) is 0.222. The molecular formula is C18H17FO5. The minimum absolute atomic E-state index is 0.0373. The van der Waals surface area contributed by atoms with Gasteiger partial charge in [-0.2, -0.15) is 0 Å². The van der Waals surface area contributed by atoms with Crippen LogP contribution in [0.1, 0.15) is 26.3 Å². The van der Waals surface area contributed by atoms with Gasteiger partial charge in [0.05, 0.1) is 19.8 Å². The van der Waals surface area contributed by atoms with E-state index in [-0.39, 0.29) is 16.9 Å². The van der Waals surface area contributed by atoms with E-state index in [0.717, 1.165) is 11.6 Å². The molecule has 0 aliphatic rings. The van der Waals surface area contributed by atoms with Crippen LogP contribution in [-0.2, 0) is 4.74 Å². The van der Waals surface area contributed by atoms with E-state index >= 15 is 0 Å². The number of carbonyl (C=O) groups is 2. The number of aryl methyl sites for hydroxylation is 1. The van der Waals surface area contributed by atoms with Crippen LogP contribution in [-0.4, -0.2) is 32.6 Å². The van der Waals surface area contributed by atoms with Crippen LogP contribution in [0, 0.1) is 12.7 Å². The Morgan fingerprint density at radius 2 is 1.62 bits per heavy atom. The van der Waals surface area contributed by atoms with Crippen LogP contribution in [0.25, 0.3) is 0 Å². The molecule has 0 aromatic heterocycles. The largest absolute Gasteiger partial charge is 0.496 e. The van der Waals surface area contributed by atoms with Crippen molar-refractivity contribution < 1.29 is 28.2 Å². The van der Waals surface area contributed by atoms with E-state index in [1.54, 1.807) is 12.1 Å². The first kappa shape index (κ1) is 17.5. The van der Waals surface area contributed by atoms with Crippen molar-refractivity contribution in [3.63, 3.8) is 0 Å². The highest BCUT2D eigenvalue weighted by atomic mass is 19.1. The summed E-state index contributed by atoms with van der Waals surface area (Å²) in [4.78, 5) is 24.0. The second-order valence-corrected chi connectivity index (χ2v) is 5.03. The molecule has 2 aromatic rings. The average molecular weight is 332 g/mol. The quantitative estimate of drug-likeness (QED) is 0.600. The maximum Gasteiger partial charge on any atom is 0.338 e. The molecule has 2 rings (SSSR count). The molecule has 2 aromatic carbocycles. The molecule has 0 aliphatic carbocycles. The fourth-order valence-electron chi connectivity index (χ4n) is 2.08. The van der Waals surface area contributed by atoms with Crippen LogP contribution in [0.3, 0.4) is 0 Å². The zero-order valence-corrected chi connectivity index (χ0v) is 13.6. The summed E-state index contributed by atoms with van der Waals surface area (Å²) < 4.78 is 28.5. The summed E-state index contributed by atoms with van der Waals surface area (Å²) in [6.07, 6.45) is 0. The van der Waals surface area contributed by atoms with E-state index in [9.17, 15) is 14.0 Å². The van der Waals surface area contributed by atoms with Gasteiger partial charge in [0.1, 0.15) is 5.75 Å². The number of esters is 1. The summed E-state index contributed by atoms with van der Waals surface area (Å²) >= 11 is 0. The van der Waals surface area contributed by atoms with Gasteiger partial charge in [0.15, 0.2) is 24.0 Å². The van der Waals surface area contributed by atoms with Gasteiger partial charge < -0.3 is 14.2 Å². The molecule has 0 aliphatic heterocycles. The Morgan fingerprint density at radius 3 is 2.25 bits per heavy atom. The van der Waals surface area contributed by atoms with E-state index in [1.807, 2.05) is 6.92 Å². The summed E-state index contributed by atoms with van der Waals surface area (Å²) in [7, 11) is 2.83. The van der Waals surface area contributed by atoms with Crippen LogP contribution in [0.4, 0.5) is 4.39 Å². The Morgan fingerprint density at radius 1 is 0.958 bits per heavy atom. The molecule has 126 valence electrons. The lowest BCUT2D eigenvalue weighted by molar-refractivity contribution is 0.0474. The van der Waals surface area contributed by atoms with E-state index in [2.05, 4.69) is 0 Å². The maximum atomic E-state index is 13.6. The Bertz CT molecular complexity index is 770. The van der Waals surface area contributed by atoms with E-state index in [1.165, 1.54) is 32.4 Å². The van der Waals surface area contributed by atoms with Gasteiger partial charge in [0.2, 0.25) is 0 Å². The third kappa shape index (κ3) is 3.90. The van der Waals surface area contributed by atoms with Crippen molar-refractivity contribution in [1.82, 2.24) is 0 Å². The number of ether oxygens (including phenoxy) is 3. The third-order valence-corrected chi connectivity index (χ3v) is 3.45. The Labute approximate surface area is 139 Å². The lowest BCUT2D eigenvalue weighted by Crippen LogP contribution is -2.14. The SMILES string of the molecule is COc1cc(C(=O)OCC(=O)c2ccc(OC)c(F)c2)ccc1C. The van der Waals surface area contributed by atoms with Crippen LogP contribution in [0.2, 0.25) is 0 Å². The number of methoxy groups -OCH3 is 2. The standard InChI is InChI=1S/C18H17FO5/c1-11-4-5-13(9-17(11)23-3)18(21)24-10-15(20)12-6-7-16(22-2)14(19)8-12/h4-9H,10H2,1-3H3. The molecule has 0 fully saturated rings. The fourth-order valence-corrected chi connectivity index (χ4v) is 2.08. The van der Waals surface area contributed by atoms with Crippen LogP contribution < -0.4 is 9.47 Å². The van der Waals surface area contributed by atoms with Crippen LogP contribution >= 0.6 is 0 Å². The van der Waals surface area contributed by atoms with Gasteiger partial charge in [0, 0.05) is 5.56 Å². The predicted octanol–water partition coefficient (Wildman–Crippen LogP) is 3.19. The highest BCUT2D eigenvalue weighted by molar-refractivity contribution is 5.99. The molecule has 0 atom stereocenters. The minimum Gasteiger partial charge on any atom is -0.496 e. The van der Waals surface area contributed by atoms with E-state index in [0.29, 0.717) is 5.75 Å². The lowest BCUT2D eigenvalue weighted by atomic mass is 10.1. The molecule has 0 radical (unpaired) electrons. The highest BCUT2D eigenvalue weighted by Crippen LogP contribution is 2.20. The normalized spacial score (nSPS) is 10.2. The van der Waals surface area contributed by atoms with Crippen LogP contribution in [0.15, 0.2) is 36.4 Å². The number of halogens is 1. The van der Waals surface area contributed by atoms with E-state index < -0.39 is 24.2 Å². The molecule has 0 saturated carbocycles. The molecule has 6 heteroatoms. The summed E-state index contributed by atoms with van der Waals surface area (Å²) in [5, 5.41) is 0. The molecule has 0 bridgehead atoms. The average Bonchev–Trinajstić information content (AvgIpc) is 2.59. The molecule has 0 spiro atoms. The van der Waals surface area contributed by atoms with Crippen molar-refractivity contribution in [2.24, 2.45) is 0 Å². The number of hydrogen-bond donors (Lipinski definition) is 0. The molecule has 0 amide bonds. The molecule has 0 heterocycles. The number of Topliss-reactive ketones (excluding diaryl/α,β-unsaturated/α-hetero) is 1. The number of hydrogen-bond acceptors (Lipinski definition) is 5. The van der Waals surface area contributed by atoms with Crippen molar-refractivity contribution in [2.45, 2.75) is 6.92 Å². The monoisotopic (exact) mass is 332 g/mol. The van der Waals surface area contributed by atoms with Crippen LogP contribution in [0.5, 0.6) is 11.5 Å². The smallest absolute Gasteiger partial charge is 0.338 e. The molecule has 0 unspecified atom stereocenters. The molecule has 0 saturated heterocycles. The number of ketones is 1.